The van der Waals surface area contributed by atoms with E-state index < -0.39 is 0 Å². The molecule has 0 radical (unpaired) electrons. The predicted octanol–water partition coefficient (Wildman–Crippen LogP) is 4.69. The molecule has 1 saturated heterocycles. The summed E-state index contributed by atoms with van der Waals surface area (Å²) in [4.78, 5) is 17.3. The Morgan fingerprint density at radius 3 is 2.00 bits per heavy atom. The first-order chi connectivity index (χ1) is 14.0. The van der Waals surface area contributed by atoms with Crippen LogP contribution in [0.2, 0.25) is 0 Å². The zero-order valence-corrected chi connectivity index (χ0v) is 18.3. The number of para-hydroxylation sites is 1. The van der Waals surface area contributed by atoms with Crippen molar-refractivity contribution in [2.75, 3.05) is 38.0 Å². The third-order valence-corrected chi connectivity index (χ3v) is 5.76. The number of nitrogens with zero attached hydrogens (tertiary/aromatic N) is 2. The van der Waals surface area contributed by atoms with Crippen LogP contribution in [0.15, 0.2) is 48.5 Å². The minimum absolute atomic E-state index is 0.192. The van der Waals surface area contributed by atoms with Crippen molar-refractivity contribution < 1.29 is 4.79 Å². The Kier molecular flexibility index (Phi) is 7.32. The number of anilines is 1. The monoisotopic (exact) mass is 393 g/mol. The molecular weight excluding hydrogens is 358 g/mol. The van der Waals surface area contributed by atoms with Gasteiger partial charge in [0.2, 0.25) is 5.91 Å². The van der Waals surface area contributed by atoms with E-state index in [2.05, 4.69) is 86.4 Å². The Labute approximate surface area is 175 Å². The molecular formula is C25H35N3O. The number of nitrogens with one attached hydrogen (secondary N) is 1. The van der Waals surface area contributed by atoms with Crippen LogP contribution in [-0.4, -0.2) is 48.4 Å². The van der Waals surface area contributed by atoms with Gasteiger partial charge in [0.05, 0.1) is 6.54 Å². The molecule has 0 spiro atoms. The second kappa shape index (κ2) is 9.93. The van der Waals surface area contributed by atoms with Crippen LogP contribution < -0.4 is 5.32 Å². The SMILES string of the molecule is CC(C)c1cccc(C(C)C)c1NCC(=O)N1CCN(Cc2ccccc2)CC1. The van der Waals surface area contributed by atoms with E-state index in [9.17, 15) is 4.79 Å². The molecule has 0 unspecified atom stereocenters. The van der Waals surface area contributed by atoms with Gasteiger partial charge in [0.25, 0.3) is 0 Å². The zero-order valence-electron chi connectivity index (χ0n) is 18.3. The minimum atomic E-state index is 0.192. The van der Waals surface area contributed by atoms with Gasteiger partial charge in [0, 0.05) is 38.4 Å². The lowest BCUT2D eigenvalue weighted by Crippen LogP contribution is -2.49. The predicted molar refractivity (Wildman–Crippen MR) is 121 cm³/mol. The minimum Gasteiger partial charge on any atom is -0.376 e. The van der Waals surface area contributed by atoms with Gasteiger partial charge in [0.1, 0.15) is 0 Å². The van der Waals surface area contributed by atoms with Crippen molar-refractivity contribution in [2.45, 2.75) is 46.1 Å². The van der Waals surface area contributed by atoms with Crippen molar-refractivity contribution >= 4 is 11.6 Å². The van der Waals surface area contributed by atoms with E-state index in [0.29, 0.717) is 18.4 Å². The van der Waals surface area contributed by atoms with Gasteiger partial charge < -0.3 is 10.2 Å². The van der Waals surface area contributed by atoms with Crippen LogP contribution in [0.1, 0.15) is 56.2 Å². The summed E-state index contributed by atoms with van der Waals surface area (Å²) in [6, 6.07) is 17.0. The van der Waals surface area contributed by atoms with Crippen LogP contribution in [0.3, 0.4) is 0 Å². The van der Waals surface area contributed by atoms with E-state index in [1.165, 1.54) is 16.7 Å². The fourth-order valence-electron chi connectivity index (χ4n) is 4.03. The molecule has 1 aliphatic heterocycles. The number of hydrogen-bond donors (Lipinski definition) is 1. The first-order valence-electron chi connectivity index (χ1n) is 10.9. The number of hydrogen-bond acceptors (Lipinski definition) is 3. The molecule has 29 heavy (non-hydrogen) atoms. The summed E-state index contributed by atoms with van der Waals surface area (Å²) in [5.41, 5.74) is 5.06. The molecule has 1 fully saturated rings. The molecule has 0 aromatic heterocycles. The normalized spacial score (nSPS) is 15.2. The Hall–Kier alpha value is -2.33. The van der Waals surface area contributed by atoms with Gasteiger partial charge in [0.15, 0.2) is 0 Å². The maximum Gasteiger partial charge on any atom is 0.241 e. The van der Waals surface area contributed by atoms with Gasteiger partial charge in [-0.25, -0.2) is 0 Å². The van der Waals surface area contributed by atoms with Crippen LogP contribution in [0.5, 0.6) is 0 Å². The molecule has 156 valence electrons. The quantitative estimate of drug-likeness (QED) is 0.741. The molecule has 1 aliphatic rings. The van der Waals surface area contributed by atoms with Gasteiger partial charge in [-0.1, -0.05) is 76.2 Å². The van der Waals surface area contributed by atoms with Crippen molar-refractivity contribution in [2.24, 2.45) is 0 Å². The molecule has 1 heterocycles. The summed E-state index contributed by atoms with van der Waals surface area (Å²) in [7, 11) is 0. The number of benzene rings is 2. The summed E-state index contributed by atoms with van der Waals surface area (Å²) in [5.74, 6) is 1.04. The lowest BCUT2D eigenvalue weighted by Gasteiger charge is -2.35. The second-order valence-electron chi connectivity index (χ2n) is 8.62. The Morgan fingerprint density at radius 1 is 0.862 bits per heavy atom. The van der Waals surface area contributed by atoms with E-state index in [1.807, 2.05) is 4.90 Å². The highest BCUT2D eigenvalue weighted by molar-refractivity contribution is 5.81. The molecule has 4 heteroatoms. The number of carbonyl (C=O) groups is 1. The summed E-state index contributed by atoms with van der Waals surface area (Å²) in [6.07, 6.45) is 0. The standard InChI is InChI=1S/C25H35N3O/c1-19(2)22-11-8-12-23(20(3)4)25(22)26-17-24(29)28-15-13-27(14-16-28)18-21-9-6-5-7-10-21/h5-12,19-20,26H,13-18H2,1-4H3. The molecule has 0 bridgehead atoms. The summed E-state index contributed by atoms with van der Waals surface area (Å²) >= 11 is 0. The number of amides is 1. The van der Waals surface area contributed by atoms with E-state index in [4.69, 9.17) is 0 Å². The Bertz CT molecular complexity index is 767. The number of rotatable bonds is 7. The zero-order chi connectivity index (χ0) is 20.8. The highest BCUT2D eigenvalue weighted by Crippen LogP contribution is 2.32. The van der Waals surface area contributed by atoms with E-state index >= 15 is 0 Å². The maximum absolute atomic E-state index is 12.8. The number of piperazine rings is 1. The Balaban J connectivity index is 1.56. The average Bonchev–Trinajstić information content (AvgIpc) is 2.72. The third-order valence-electron chi connectivity index (χ3n) is 5.76. The first kappa shape index (κ1) is 21.4. The van der Waals surface area contributed by atoms with E-state index in [0.717, 1.165) is 38.4 Å². The van der Waals surface area contributed by atoms with Crippen LogP contribution >= 0.6 is 0 Å². The highest BCUT2D eigenvalue weighted by Gasteiger charge is 2.22. The summed E-state index contributed by atoms with van der Waals surface area (Å²) in [5, 5.41) is 3.49. The van der Waals surface area contributed by atoms with Crippen LogP contribution in [0.4, 0.5) is 5.69 Å². The van der Waals surface area contributed by atoms with Crippen LogP contribution in [0.25, 0.3) is 0 Å². The van der Waals surface area contributed by atoms with Crippen molar-refractivity contribution in [1.82, 2.24) is 9.80 Å². The number of carbonyl (C=O) groups excluding carboxylic acids is 1. The molecule has 4 nitrogen and oxygen atoms in total. The molecule has 1 amide bonds. The molecule has 0 saturated carbocycles. The molecule has 0 aliphatic carbocycles. The maximum atomic E-state index is 12.8. The van der Waals surface area contributed by atoms with Gasteiger partial charge in [-0.3, -0.25) is 9.69 Å². The van der Waals surface area contributed by atoms with Gasteiger partial charge in [-0.05, 0) is 28.5 Å². The molecule has 2 aromatic carbocycles. The van der Waals surface area contributed by atoms with Crippen molar-refractivity contribution in [3.63, 3.8) is 0 Å². The third kappa shape index (κ3) is 5.60. The van der Waals surface area contributed by atoms with E-state index in [1.54, 1.807) is 0 Å². The van der Waals surface area contributed by atoms with E-state index in [-0.39, 0.29) is 5.91 Å². The Morgan fingerprint density at radius 2 is 1.45 bits per heavy atom. The average molecular weight is 394 g/mol. The van der Waals surface area contributed by atoms with Gasteiger partial charge >= 0.3 is 0 Å². The van der Waals surface area contributed by atoms with Crippen molar-refractivity contribution in [3.8, 4) is 0 Å². The molecule has 2 aromatic rings. The summed E-state index contributed by atoms with van der Waals surface area (Å²) in [6.45, 7) is 13.6. The van der Waals surface area contributed by atoms with Crippen LogP contribution in [-0.2, 0) is 11.3 Å². The van der Waals surface area contributed by atoms with Gasteiger partial charge in [-0.2, -0.15) is 0 Å². The topological polar surface area (TPSA) is 35.6 Å². The van der Waals surface area contributed by atoms with Crippen LogP contribution in [0, 0.1) is 0 Å². The molecule has 3 rings (SSSR count). The fraction of sp³-hybridized carbons (Fsp3) is 0.480. The highest BCUT2D eigenvalue weighted by atomic mass is 16.2. The largest absolute Gasteiger partial charge is 0.376 e. The molecule has 1 N–H and O–H groups in total. The fourth-order valence-corrected chi connectivity index (χ4v) is 4.03. The molecule has 0 atom stereocenters. The lowest BCUT2D eigenvalue weighted by atomic mass is 9.92. The van der Waals surface area contributed by atoms with Gasteiger partial charge in [-0.15, -0.1) is 0 Å². The van der Waals surface area contributed by atoms with Crippen molar-refractivity contribution in [1.29, 1.82) is 0 Å². The second-order valence-corrected chi connectivity index (χ2v) is 8.62. The summed E-state index contributed by atoms with van der Waals surface area (Å²) < 4.78 is 0. The lowest BCUT2D eigenvalue weighted by molar-refractivity contribution is -0.131. The first-order valence-corrected chi connectivity index (χ1v) is 10.9. The smallest absolute Gasteiger partial charge is 0.241 e. The van der Waals surface area contributed by atoms with Crippen molar-refractivity contribution in [3.05, 3.63) is 65.2 Å².